The van der Waals surface area contributed by atoms with Crippen molar-refractivity contribution in [1.29, 1.82) is 0 Å². The molecular formula is C15H12ClF3N4O. The van der Waals surface area contributed by atoms with Gasteiger partial charge in [0.1, 0.15) is 0 Å². The third kappa shape index (κ3) is 3.94. The quantitative estimate of drug-likeness (QED) is 0.874. The van der Waals surface area contributed by atoms with Crippen LogP contribution in [-0.4, -0.2) is 21.9 Å². The van der Waals surface area contributed by atoms with Gasteiger partial charge >= 0.3 is 6.18 Å². The SMILES string of the molecule is O=C(NC1CC1)c1cnc(Nc2cc(C(F)(F)F)ccc2Cl)nc1. The highest BCUT2D eigenvalue weighted by Crippen LogP contribution is 2.34. The number of hydrogen-bond acceptors (Lipinski definition) is 4. The zero-order chi connectivity index (χ0) is 17.3. The molecule has 0 radical (unpaired) electrons. The van der Waals surface area contributed by atoms with Crippen LogP contribution in [0, 0.1) is 0 Å². The summed E-state index contributed by atoms with van der Waals surface area (Å²) in [5, 5.41) is 5.50. The summed E-state index contributed by atoms with van der Waals surface area (Å²) in [7, 11) is 0. The van der Waals surface area contributed by atoms with E-state index in [1.807, 2.05) is 0 Å². The number of carbonyl (C=O) groups excluding carboxylic acids is 1. The van der Waals surface area contributed by atoms with Crippen molar-refractivity contribution in [3.63, 3.8) is 0 Å². The van der Waals surface area contributed by atoms with Crippen molar-refractivity contribution in [3.05, 3.63) is 46.7 Å². The third-order valence-electron chi connectivity index (χ3n) is 3.37. The van der Waals surface area contributed by atoms with E-state index in [9.17, 15) is 18.0 Å². The summed E-state index contributed by atoms with van der Waals surface area (Å²) in [6, 6.07) is 3.11. The Hall–Kier alpha value is -2.35. The largest absolute Gasteiger partial charge is 0.416 e. The number of amides is 1. The van der Waals surface area contributed by atoms with Gasteiger partial charge in [-0.25, -0.2) is 9.97 Å². The number of aromatic nitrogens is 2. The van der Waals surface area contributed by atoms with Crippen LogP contribution in [0.1, 0.15) is 28.8 Å². The molecule has 9 heteroatoms. The second-order valence-corrected chi connectivity index (χ2v) is 5.77. The normalized spacial score (nSPS) is 14.3. The number of nitrogens with zero attached hydrogens (tertiary/aromatic N) is 2. The summed E-state index contributed by atoms with van der Waals surface area (Å²) in [6.07, 6.45) is 0.0380. The first kappa shape index (κ1) is 16.5. The van der Waals surface area contributed by atoms with E-state index in [-0.39, 0.29) is 34.2 Å². The highest BCUT2D eigenvalue weighted by molar-refractivity contribution is 6.33. The fraction of sp³-hybridized carbons (Fsp3) is 0.267. The minimum Gasteiger partial charge on any atom is -0.349 e. The average Bonchev–Trinajstić information content (AvgIpc) is 3.33. The zero-order valence-electron chi connectivity index (χ0n) is 12.2. The Morgan fingerprint density at radius 1 is 1.21 bits per heavy atom. The standard InChI is InChI=1S/C15H12ClF3N4O/c16-11-4-1-9(15(17,18)19)5-12(11)23-14-20-6-8(7-21-14)13(24)22-10-2-3-10/h1,4-7,10H,2-3H2,(H,22,24)(H,20,21,23). The van der Waals surface area contributed by atoms with E-state index in [4.69, 9.17) is 11.6 Å². The number of anilines is 2. The van der Waals surface area contributed by atoms with E-state index in [0.29, 0.717) is 0 Å². The lowest BCUT2D eigenvalue weighted by Gasteiger charge is -2.11. The van der Waals surface area contributed by atoms with Crippen LogP contribution in [-0.2, 0) is 6.18 Å². The number of alkyl halides is 3. The number of nitrogens with one attached hydrogen (secondary N) is 2. The van der Waals surface area contributed by atoms with Gasteiger partial charge < -0.3 is 10.6 Å². The average molecular weight is 357 g/mol. The van der Waals surface area contributed by atoms with Crippen molar-refractivity contribution < 1.29 is 18.0 Å². The molecule has 0 saturated heterocycles. The Bertz CT molecular complexity index is 760. The smallest absolute Gasteiger partial charge is 0.349 e. The van der Waals surface area contributed by atoms with Crippen LogP contribution in [0.25, 0.3) is 0 Å². The van der Waals surface area contributed by atoms with Crippen LogP contribution in [0.3, 0.4) is 0 Å². The van der Waals surface area contributed by atoms with Gasteiger partial charge in [-0.05, 0) is 31.0 Å². The van der Waals surface area contributed by atoms with Crippen LogP contribution < -0.4 is 10.6 Å². The Morgan fingerprint density at radius 3 is 2.46 bits per heavy atom. The molecule has 126 valence electrons. The zero-order valence-corrected chi connectivity index (χ0v) is 12.9. The Labute approximate surface area is 140 Å². The lowest BCUT2D eigenvalue weighted by atomic mass is 10.2. The molecular weight excluding hydrogens is 345 g/mol. The van der Waals surface area contributed by atoms with Crippen molar-refractivity contribution >= 4 is 29.1 Å². The van der Waals surface area contributed by atoms with Gasteiger partial charge in [-0.3, -0.25) is 4.79 Å². The molecule has 1 aromatic heterocycles. The monoisotopic (exact) mass is 356 g/mol. The topological polar surface area (TPSA) is 66.9 Å². The molecule has 1 aliphatic carbocycles. The lowest BCUT2D eigenvalue weighted by Crippen LogP contribution is -2.25. The van der Waals surface area contributed by atoms with Gasteiger partial charge in [-0.2, -0.15) is 13.2 Å². The van der Waals surface area contributed by atoms with Gasteiger partial charge in [-0.15, -0.1) is 0 Å². The van der Waals surface area contributed by atoms with Gasteiger partial charge in [0.05, 0.1) is 21.8 Å². The maximum absolute atomic E-state index is 12.7. The van der Waals surface area contributed by atoms with E-state index in [1.54, 1.807) is 0 Å². The fourth-order valence-corrected chi connectivity index (χ4v) is 2.09. The summed E-state index contributed by atoms with van der Waals surface area (Å²) >= 11 is 5.89. The number of hydrogen-bond donors (Lipinski definition) is 2. The molecule has 1 heterocycles. The van der Waals surface area contributed by atoms with Crippen LogP contribution in [0.15, 0.2) is 30.6 Å². The molecule has 1 amide bonds. The minimum atomic E-state index is -4.48. The van der Waals surface area contributed by atoms with Gasteiger partial charge in [-0.1, -0.05) is 11.6 Å². The first-order valence-corrected chi connectivity index (χ1v) is 7.47. The lowest BCUT2D eigenvalue weighted by molar-refractivity contribution is -0.137. The molecule has 0 spiro atoms. The number of rotatable bonds is 4. The Morgan fingerprint density at radius 2 is 1.88 bits per heavy atom. The van der Waals surface area contributed by atoms with E-state index in [1.165, 1.54) is 12.4 Å². The number of carbonyl (C=O) groups is 1. The molecule has 1 aromatic carbocycles. The summed E-state index contributed by atoms with van der Waals surface area (Å²) < 4.78 is 38.2. The molecule has 0 unspecified atom stereocenters. The molecule has 1 saturated carbocycles. The Kier molecular flexibility index (Phi) is 4.31. The van der Waals surface area contributed by atoms with Crippen molar-refractivity contribution in [3.8, 4) is 0 Å². The fourth-order valence-electron chi connectivity index (χ4n) is 1.92. The Balaban J connectivity index is 1.75. The highest BCUT2D eigenvalue weighted by atomic mass is 35.5. The summed E-state index contributed by atoms with van der Waals surface area (Å²) in [4.78, 5) is 19.7. The van der Waals surface area contributed by atoms with Crippen LogP contribution >= 0.6 is 11.6 Å². The van der Waals surface area contributed by atoms with E-state index < -0.39 is 11.7 Å². The summed E-state index contributed by atoms with van der Waals surface area (Å²) in [5.41, 5.74) is -0.529. The van der Waals surface area contributed by atoms with Crippen molar-refractivity contribution in [2.24, 2.45) is 0 Å². The predicted octanol–water partition coefficient (Wildman–Crippen LogP) is 3.78. The minimum absolute atomic E-state index is 0.0293. The second-order valence-electron chi connectivity index (χ2n) is 5.36. The van der Waals surface area contributed by atoms with E-state index in [0.717, 1.165) is 31.0 Å². The first-order valence-electron chi connectivity index (χ1n) is 7.09. The van der Waals surface area contributed by atoms with Crippen LogP contribution in [0.5, 0.6) is 0 Å². The highest BCUT2D eigenvalue weighted by Gasteiger charge is 2.31. The number of halogens is 4. The molecule has 0 bridgehead atoms. The predicted molar refractivity (Wildman–Crippen MR) is 82.3 cm³/mol. The second kappa shape index (κ2) is 6.27. The third-order valence-corrected chi connectivity index (χ3v) is 3.70. The first-order chi connectivity index (χ1) is 11.3. The van der Waals surface area contributed by atoms with Gasteiger partial charge in [0.25, 0.3) is 5.91 Å². The molecule has 5 nitrogen and oxygen atoms in total. The van der Waals surface area contributed by atoms with Gasteiger partial charge in [0, 0.05) is 18.4 Å². The van der Waals surface area contributed by atoms with Crippen molar-refractivity contribution in [2.75, 3.05) is 5.32 Å². The van der Waals surface area contributed by atoms with Crippen LogP contribution in [0.4, 0.5) is 24.8 Å². The van der Waals surface area contributed by atoms with Crippen LogP contribution in [0.2, 0.25) is 5.02 Å². The van der Waals surface area contributed by atoms with E-state index in [2.05, 4.69) is 20.6 Å². The molecule has 2 aromatic rings. The number of benzene rings is 1. The molecule has 3 rings (SSSR count). The van der Waals surface area contributed by atoms with E-state index >= 15 is 0 Å². The molecule has 2 N–H and O–H groups in total. The molecule has 0 atom stereocenters. The summed E-state index contributed by atoms with van der Waals surface area (Å²) in [5.74, 6) is -0.236. The molecule has 1 fully saturated rings. The van der Waals surface area contributed by atoms with Gasteiger partial charge in [0.2, 0.25) is 5.95 Å². The maximum atomic E-state index is 12.7. The van der Waals surface area contributed by atoms with Crippen molar-refractivity contribution in [1.82, 2.24) is 15.3 Å². The maximum Gasteiger partial charge on any atom is 0.416 e. The molecule has 24 heavy (non-hydrogen) atoms. The van der Waals surface area contributed by atoms with Gasteiger partial charge in [0.15, 0.2) is 0 Å². The molecule has 0 aliphatic heterocycles. The molecule has 1 aliphatic rings. The summed E-state index contributed by atoms with van der Waals surface area (Å²) in [6.45, 7) is 0. The van der Waals surface area contributed by atoms with Crippen molar-refractivity contribution in [2.45, 2.75) is 25.1 Å².